The second kappa shape index (κ2) is 11.8. The summed E-state index contributed by atoms with van der Waals surface area (Å²) in [5.41, 5.74) is 7.64. The molecule has 35 heavy (non-hydrogen) atoms. The Kier molecular flexibility index (Phi) is 8.80. The number of morpholine rings is 1. The van der Waals surface area contributed by atoms with Crippen molar-refractivity contribution in [2.75, 3.05) is 32.8 Å². The van der Waals surface area contributed by atoms with Crippen LogP contribution in [0.5, 0.6) is 5.75 Å². The molecule has 0 saturated carbocycles. The molecule has 5 heteroatoms. The average molecular weight is 497 g/mol. The summed E-state index contributed by atoms with van der Waals surface area (Å²) >= 11 is 6.66. The van der Waals surface area contributed by atoms with Gasteiger partial charge in [0, 0.05) is 38.4 Å². The van der Waals surface area contributed by atoms with Gasteiger partial charge in [-0.1, -0.05) is 56.3 Å². The third-order valence-electron chi connectivity index (χ3n) is 7.27. The van der Waals surface area contributed by atoms with Crippen molar-refractivity contribution < 1.29 is 9.47 Å². The van der Waals surface area contributed by atoms with E-state index >= 15 is 0 Å². The molecule has 0 bridgehead atoms. The molecule has 0 spiro atoms. The highest BCUT2D eigenvalue weighted by molar-refractivity contribution is 6.32. The molecular formula is C30H41ClN2O2. The van der Waals surface area contributed by atoms with Gasteiger partial charge in [0.15, 0.2) is 0 Å². The van der Waals surface area contributed by atoms with E-state index in [4.69, 9.17) is 21.1 Å². The summed E-state index contributed by atoms with van der Waals surface area (Å²) in [6, 6.07) is 10.9. The molecule has 0 aromatic heterocycles. The maximum Gasteiger partial charge on any atom is 0.141 e. The maximum atomic E-state index is 6.66. The number of rotatable bonds is 8. The van der Waals surface area contributed by atoms with E-state index in [0.29, 0.717) is 5.92 Å². The van der Waals surface area contributed by atoms with Crippen LogP contribution in [0, 0.1) is 19.8 Å². The highest BCUT2D eigenvalue weighted by atomic mass is 35.5. The van der Waals surface area contributed by atoms with Gasteiger partial charge in [-0.25, -0.2) is 0 Å². The minimum Gasteiger partial charge on any atom is -0.492 e. The SMILES string of the molecule is C=C(C1CN(Cc2cccc(C)c2C)CCO1)N(Cc1cc(Cl)c2c(c1)CCCCO2)CC(C)C. The quantitative estimate of drug-likeness (QED) is 0.414. The number of hydrogen-bond acceptors (Lipinski definition) is 4. The lowest BCUT2D eigenvalue weighted by atomic mass is 10.0. The summed E-state index contributed by atoms with van der Waals surface area (Å²) in [7, 11) is 0. The Morgan fingerprint density at radius 1 is 1.20 bits per heavy atom. The third kappa shape index (κ3) is 6.61. The van der Waals surface area contributed by atoms with E-state index in [9.17, 15) is 0 Å². The first kappa shape index (κ1) is 26.1. The Labute approximate surface area is 216 Å². The number of halogens is 1. The lowest BCUT2D eigenvalue weighted by molar-refractivity contribution is -0.0259. The topological polar surface area (TPSA) is 24.9 Å². The Morgan fingerprint density at radius 3 is 2.83 bits per heavy atom. The summed E-state index contributed by atoms with van der Waals surface area (Å²) in [4.78, 5) is 4.90. The molecule has 0 amide bonds. The molecule has 2 heterocycles. The summed E-state index contributed by atoms with van der Waals surface area (Å²) in [6.07, 6.45) is 3.23. The van der Waals surface area contributed by atoms with Crippen molar-refractivity contribution in [3.63, 3.8) is 0 Å². The number of benzene rings is 2. The smallest absolute Gasteiger partial charge is 0.141 e. The molecule has 0 aliphatic carbocycles. The number of aryl methyl sites for hydroxylation is 2. The van der Waals surface area contributed by atoms with E-state index in [1.807, 2.05) is 0 Å². The van der Waals surface area contributed by atoms with Gasteiger partial charge >= 0.3 is 0 Å². The summed E-state index contributed by atoms with van der Waals surface area (Å²) in [5, 5.41) is 0.725. The molecule has 2 aliphatic rings. The third-order valence-corrected chi connectivity index (χ3v) is 7.55. The van der Waals surface area contributed by atoms with E-state index in [0.717, 1.165) is 81.7 Å². The maximum absolute atomic E-state index is 6.66. The number of nitrogens with zero attached hydrogens (tertiary/aromatic N) is 2. The van der Waals surface area contributed by atoms with Crippen LogP contribution in [0.15, 0.2) is 42.6 Å². The molecule has 4 nitrogen and oxygen atoms in total. The average Bonchev–Trinajstić information content (AvgIpc) is 3.07. The van der Waals surface area contributed by atoms with Crippen molar-refractivity contribution in [2.45, 2.75) is 66.2 Å². The fourth-order valence-electron chi connectivity index (χ4n) is 5.16. The van der Waals surface area contributed by atoms with E-state index in [1.165, 1.54) is 27.8 Å². The van der Waals surface area contributed by atoms with Crippen molar-refractivity contribution in [3.8, 4) is 5.75 Å². The van der Waals surface area contributed by atoms with Crippen LogP contribution in [-0.4, -0.2) is 48.8 Å². The molecule has 0 radical (unpaired) electrons. The molecule has 1 saturated heterocycles. The first-order valence-electron chi connectivity index (χ1n) is 13.1. The van der Waals surface area contributed by atoms with Crippen molar-refractivity contribution in [1.82, 2.24) is 9.80 Å². The Morgan fingerprint density at radius 2 is 2.03 bits per heavy atom. The lowest BCUT2D eigenvalue weighted by Crippen LogP contribution is -2.46. The van der Waals surface area contributed by atoms with Crippen molar-refractivity contribution in [1.29, 1.82) is 0 Å². The van der Waals surface area contributed by atoms with Crippen LogP contribution in [0.2, 0.25) is 5.02 Å². The van der Waals surface area contributed by atoms with Crippen molar-refractivity contribution in [3.05, 3.63) is 75.4 Å². The minimum absolute atomic E-state index is 0.00718. The first-order valence-corrected chi connectivity index (χ1v) is 13.5. The standard InChI is InChI=1S/C30H41ClN2O2/c1-21(2)17-33(18-25-15-26-10-6-7-13-35-30(26)28(31)16-25)24(5)29-20-32(12-14-34-29)19-27-11-8-9-22(3)23(27)4/h8-9,11,15-16,21,29H,5-7,10,12-14,17-20H2,1-4H3. The monoisotopic (exact) mass is 496 g/mol. The second-order valence-corrected chi connectivity index (χ2v) is 11.0. The van der Waals surface area contributed by atoms with Gasteiger partial charge in [0.1, 0.15) is 11.9 Å². The highest BCUT2D eigenvalue weighted by Gasteiger charge is 2.27. The van der Waals surface area contributed by atoms with Crippen LogP contribution >= 0.6 is 11.6 Å². The van der Waals surface area contributed by atoms with Crippen molar-refractivity contribution >= 4 is 11.6 Å². The van der Waals surface area contributed by atoms with Gasteiger partial charge in [0.2, 0.25) is 0 Å². The molecular weight excluding hydrogens is 456 g/mol. The summed E-state index contributed by atoms with van der Waals surface area (Å²) in [6.45, 7) is 19.4. The molecule has 2 aromatic carbocycles. The Hall–Kier alpha value is -2.01. The zero-order valence-corrected chi connectivity index (χ0v) is 22.7. The Bertz CT molecular complexity index is 1040. The van der Waals surface area contributed by atoms with Gasteiger partial charge in [0.25, 0.3) is 0 Å². The summed E-state index contributed by atoms with van der Waals surface area (Å²) < 4.78 is 12.2. The number of ether oxygens (including phenoxy) is 2. The number of hydrogen-bond donors (Lipinski definition) is 0. The molecule has 190 valence electrons. The van der Waals surface area contributed by atoms with Gasteiger partial charge in [-0.2, -0.15) is 0 Å². The highest BCUT2D eigenvalue weighted by Crippen LogP contribution is 2.34. The van der Waals surface area contributed by atoms with Crippen LogP contribution in [0.3, 0.4) is 0 Å². The number of fused-ring (bicyclic) bond motifs is 1. The van der Waals surface area contributed by atoms with E-state index < -0.39 is 0 Å². The van der Waals surface area contributed by atoms with Crippen molar-refractivity contribution in [2.24, 2.45) is 5.92 Å². The molecule has 1 atom stereocenters. The molecule has 2 aromatic rings. The molecule has 4 rings (SSSR count). The zero-order valence-electron chi connectivity index (χ0n) is 21.9. The van der Waals surface area contributed by atoms with Crippen LogP contribution in [0.1, 0.15) is 54.5 Å². The molecule has 0 N–H and O–H groups in total. The van der Waals surface area contributed by atoms with Gasteiger partial charge < -0.3 is 14.4 Å². The van der Waals surface area contributed by atoms with Crippen LogP contribution in [-0.2, 0) is 24.2 Å². The van der Waals surface area contributed by atoms with Crippen LogP contribution < -0.4 is 4.74 Å². The Balaban J connectivity index is 1.48. The van der Waals surface area contributed by atoms with E-state index in [2.05, 4.69) is 74.4 Å². The van der Waals surface area contributed by atoms with Crippen LogP contribution in [0.25, 0.3) is 0 Å². The normalized spacial score (nSPS) is 18.6. The molecule has 1 unspecified atom stereocenters. The summed E-state index contributed by atoms with van der Waals surface area (Å²) in [5.74, 6) is 1.39. The van der Waals surface area contributed by atoms with Gasteiger partial charge in [-0.05, 0) is 72.9 Å². The predicted molar refractivity (Wildman–Crippen MR) is 145 cm³/mol. The fourth-order valence-corrected chi connectivity index (χ4v) is 5.48. The zero-order chi connectivity index (χ0) is 24.9. The second-order valence-electron chi connectivity index (χ2n) is 10.6. The van der Waals surface area contributed by atoms with E-state index in [1.54, 1.807) is 0 Å². The minimum atomic E-state index is -0.00718. The van der Waals surface area contributed by atoms with Crippen LogP contribution in [0.4, 0.5) is 0 Å². The van der Waals surface area contributed by atoms with Gasteiger partial charge in [-0.3, -0.25) is 4.90 Å². The van der Waals surface area contributed by atoms with E-state index in [-0.39, 0.29) is 6.10 Å². The molecule has 2 aliphatic heterocycles. The van der Waals surface area contributed by atoms with Gasteiger partial charge in [-0.15, -0.1) is 0 Å². The first-order chi connectivity index (χ1) is 16.8. The molecule has 1 fully saturated rings. The fraction of sp³-hybridized carbons (Fsp3) is 0.533. The van der Waals surface area contributed by atoms with Gasteiger partial charge in [0.05, 0.1) is 18.2 Å². The largest absolute Gasteiger partial charge is 0.492 e. The predicted octanol–water partition coefficient (Wildman–Crippen LogP) is 6.54. The lowest BCUT2D eigenvalue weighted by Gasteiger charge is -2.39.